The molecule has 1 aliphatic heterocycles. The zero-order valence-corrected chi connectivity index (χ0v) is 19.8. The van der Waals surface area contributed by atoms with Crippen molar-refractivity contribution >= 4 is 34.8 Å². The molecule has 7 nitrogen and oxygen atoms in total. The van der Waals surface area contributed by atoms with Crippen LogP contribution in [0.5, 0.6) is 11.5 Å². The molecule has 174 valence electrons. The number of pyridine rings is 2. The Labute approximate surface area is 201 Å². The molecular weight excluding hydrogens is 468 g/mol. The summed E-state index contributed by atoms with van der Waals surface area (Å²) in [5.74, 6) is 1.41. The highest BCUT2D eigenvalue weighted by Gasteiger charge is 2.21. The molecule has 0 spiro atoms. The Morgan fingerprint density at radius 2 is 1.94 bits per heavy atom. The van der Waals surface area contributed by atoms with Crippen molar-refractivity contribution in [2.75, 3.05) is 43.9 Å². The van der Waals surface area contributed by atoms with Gasteiger partial charge in [-0.1, -0.05) is 23.2 Å². The van der Waals surface area contributed by atoms with Crippen molar-refractivity contribution in [3.05, 3.63) is 58.0 Å². The van der Waals surface area contributed by atoms with Crippen molar-refractivity contribution in [3.8, 4) is 22.8 Å². The minimum absolute atomic E-state index is 0.0900. The molecule has 0 amide bonds. The van der Waals surface area contributed by atoms with Gasteiger partial charge in [0.2, 0.25) is 0 Å². The highest BCUT2D eigenvalue weighted by Crippen LogP contribution is 2.37. The number of hydrogen-bond donors (Lipinski definition) is 2. The fraction of sp³-hybridized carbons (Fsp3) is 0.304. The summed E-state index contributed by atoms with van der Waals surface area (Å²) < 4.78 is 25.5. The van der Waals surface area contributed by atoms with E-state index in [1.165, 1.54) is 12.1 Å². The van der Waals surface area contributed by atoms with Gasteiger partial charge in [0, 0.05) is 60.7 Å². The van der Waals surface area contributed by atoms with E-state index < -0.39 is 11.9 Å². The molecule has 1 fully saturated rings. The number of aromatic nitrogens is 2. The first-order chi connectivity index (χ1) is 15.9. The van der Waals surface area contributed by atoms with Crippen molar-refractivity contribution in [2.45, 2.75) is 13.0 Å². The predicted octanol–water partition coefficient (Wildman–Crippen LogP) is 4.73. The normalized spacial score (nSPS) is 14.8. The van der Waals surface area contributed by atoms with Crippen LogP contribution in [0.3, 0.4) is 0 Å². The molecule has 3 heterocycles. The van der Waals surface area contributed by atoms with Crippen LogP contribution in [0.15, 0.2) is 36.5 Å². The molecule has 33 heavy (non-hydrogen) atoms. The van der Waals surface area contributed by atoms with Crippen LogP contribution in [0.2, 0.25) is 10.0 Å². The van der Waals surface area contributed by atoms with E-state index >= 15 is 0 Å². The fourth-order valence-corrected chi connectivity index (χ4v) is 4.35. The minimum atomic E-state index is -0.672. The quantitative estimate of drug-likeness (QED) is 0.482. The maximum atomic E-state index is 14.0. The number of nitrogen functional groups attached to an aromatic ring is 1. The maximum absolute atomic E-state index is 14.0. The average Bonchev–Trinajstić information content (AvgIpc) is 2.83. The lowest BCUT2D eigenvalue weighted by molar-refractivity contribution is 0.227. The van der Waals surface area contributed by atoms with E-state index in [1.54, 1.807) is 26.3 Å². The first kappa shape index (κ1) is 23.4. The lowest BCUT2D eigenvalue weighted by Crippen LogP contribution is -2.43. The number of benzene rings is 1. The summed E-state index contributed by atoms with van der Waals surface area (Å²) in [6.45, 7) is 5.18. The van der Waals surface area contributed by atoms with E-state index in [-0.39, 0.29) is 10.8 Å². The molecule has 1 unspecified atom stereocenters. The number of nitrogens with two attached hydrogens (primary N) is 1. The molecule has 3 aromatic rings. The van der Waals surface area contributed by atoms with Gasteiger partial charge in [-0.2, -0.15) is 0 Å². The van der Waals surface area contributed by atoms with Gasteiger partial charge in [-0.25, -0.2) is 14.4 Å². The number of ether oxygens (including phenoxy) is 2. The Morgan fingerprint density at radius 3 is 2.67 bits per heavy atom. The molecule has 0 bridgehead atoms. The Morgan fingerprint density at radius 1 is 1.18 bits per heavy atom. The summed E-state index contributed by atoms with van der Waals surface area (Å²) >= 11 is 12.4. The number of methoxy groups -OCH3 is 1. The van der Waals surface area contributed by atoms with E-state index in [2.05, 4.69) is 15.2 Å². The van der Waals surface area contributed by atoms with Crippen molar-refractivity contribution in [1.82, 2.24) is 15.3 Å². The first-order valence-electron chi connectivity index (χ1n) is 10.4. The lowest BCUT2D eigenvalue weighted by Gasteiger charge is -2.29. The smallest absolute Gasteiger partial charge is 0.166 e. The fourth-order valence-electron chi connectivity index (χ4n) is 3.67. The summed E-state index contributed by atoms with van der Waals surface area (Å²) in [7, 11) is 1.62. The maximum Gasteiger partial charge on any atom is 0.166 e. The molecule has 2 aromatic heterocycles. The first-order valence-corrected chi connectivity index (χ1v) is 11.2. The lowest BCUT2D eigenvalue weighted by atomic mass is 10.1. The predicted molar refractivity (Wildman–Crippen MR) is 129 cm³/mol. The number of nitrogens with zero attached hydrogens (tertiary/aromatic N) is 3. The second kappa shape index (κ2) is 9.99. The Bertz CT molecular complexity index is 1160. The summed E-state index contributed by atoms with van der Waals surface area (Å²) in [4.78, 5) is 11.3. The zero-order valence-electron chi connectivity index (χ0n) is 18.2. The van der Waals surface area contributed by atoms with Crippen LogP contribution >= 0.6 is 23.2 Å². The van der Waals surface area contributed by atoms with E-state index in [0.717, 1.165) is 32.0 Å². The molecule has 0 aliphatic carbocycles. The number of halogens is 3. The molecule has 0 radical (unpaired) electrons. The third kappa shape index (κ3) is 5.08. The van der Waals surface area contributed by atoms with Crippen LogP contribution in [0.1, 0.15) is 18.6 Å². The topological polar surface area (TPSA) is 85.5 Å². The second-order valence-corrected chi connectivity index (χ2v) is 8.40. The monoisotopic (exact) mass is 491 g/mol. The number of anilines is 2. The van der Waals surface area contributed by atoms with E-state index in [9.17, 15) is 4.39 Å². The highest BCUT2D eigenvalue weighted by atomic mass is 35.5. The molecule has 4 rings (SSSR count). The third-order valence-corrected chi connectivity index (χ3v) is 6.14. The molecule has 3 N–H and O–H groups in total. The molecule has 0 saturated carbocycles. The summed E-state index contributed by atoms with van der Waals surface area (Å²) in [5.41, 5.74) is 7.76. The summed E-state index contributed by atoms with van der Waals surface area (Å²) in [5, 5.41) is 3.54. The van der Waals surface area contributed by atoms with Gasteiger partial charge < -0.3 is 25.4 Å². The van der Waals surface area contributed by atoms with Crippen molar-refractivity contribution in [2.24, 2.45) is 0 Å². The van der Waals surface area contributed by atoms with Gasteiger partial charge in [0.05, 0.1) is 17.8 Å². The number of nitrogens with one attached hydrogen (secondary N) is 1. The second-order valence-electron chi connectivity index (χ2n) is 7.61. The number of hydrogen-bond acceptors (Lipinski definition) is 7. The molecule has 10 heteroatoms. The summed E-state index contributed by atoms with van der Waals surface area (Å²) in [6, 6.07) is 8.12. The van der Waals surface area contributed by atoms with Gasteiger partial charge in [-0.3, -0.25) is 0 Å². The largest absolute Gasteiger partial charge is 0.497 e. The third-order valence-electron chi connectivity index (χ3n) is 5.43. The Kier molecular flexibility index (Phi) is 7.07. The molecule has 1 aromatic carbocycles. The number of piperazine rings is 1. The van der Waals surface area contributed by atoms with E-state index in [0.29, 0.717) is 33.3 Å². The zero-order chi connectivity index (χ0) is 23.5. The van der Waals surface area contributed by atoms with Crippen molar-refractivity contribution in [1.29, 1.82) is 0 Å². The van der Waals surface area contributed by atoms with Crippen LogP contribution in [0.25, 0.3) is 11.3 Å². The molecule has 1 aliphatic rings. The van der Waals surface area contributed by atoms with Gasteiger partial charge in [0.15, 0.2) is 11.6 Å². The van der Waals surface area contributed by atoms with Crippen molar-refractivity contribution in [3.63, 3.8) is 0 Å². The average molecular weight is 492 g/mol. The van der Waals surface area contributed by atoms with E-state index in [1.807, 2.05) is 12.1 Å². The van der Waals surface area contributed by atoms with Gasteiger partial charge >= 0.3 is 0 Å². The number of rotatable bonds is 6. The standard InChI is InChI=1S/C23H24Cl2FN5O2/c1-13(21-16(24)3-4-17(26)22(21)25)33-19-9-14(12-29-23(19)27)18-10-15(32-2)11-20(30-18)31-7-5-28-6-8-31/h3-4,9-13,28H,5-8H2,1-2H3,(H2,27,29). The SMILES string of the molecule is COc1cc(-c2cnc(N)c(OC(C)c3c(Cl)ccc(F)c3Cl)c2)nc(N2CCNCC2)c1. The molecular formula is C23H24Cl2FN5O2. The molecule has 1 saturated heterocycles. The minimum Gasteiger partial charge on any atom is -0.497 e. The van der Waals surface area contributed by atoms with Crippen LogP contribution in [0, 0.1) is 5.82 Å². The summed E-state index contributed by atoms with van der Waals surface area (Å²) in [6.07, 6.45) is 0.952. The van der Waals surface area contributed by atoms with Crippen molar-refractivity contribution < 1.29 is 13.9 Å². The Balaban J connectivity index is 1.67. The van der Waals surface area contributed by atoms with Crippen LogP contribution in [-0.2, 0) is 0 Å². The highest BCUT2D eigenvalue weighted by molar-refractivity contribution is 6.36. The van der Waals surface area contributed by atoms with E-state index in [4.69, 9.17) is 43.4 Å². The van der Waals surface area contributed by atoms with Crippen LogP contribution in [0.4, 0.5) is 16.0 Å². The van der Waals surface area contributed by atoms with Crippen LogP contribution in [-0.4, -0.2) is 43.3 Å². The Hall–Kier alpha value is -2.81. The van der Waals surface area contributed by atoms with Gasteiger partial charge in [0.1, 0.15) is 23.5 Å². The van der Waals surface area contributed by atoms with Crippen LogP contribution < -0.4 is 25.4 Å². The van der Waals surface area contributed by atoms with Gasteiger partial charge in [-0.15, -0.1) is 0 Å². The molecule has 1 atom stereocenters. The van der Waals surface area contributed by atoms with Gasteiger partial charge in [0.25, 0.3) is 0 Å². The van der Waals surface area contributed by atoms with Gasteiger partial charge in [-0.05, 0) is 25.1 Å².